The third kappa shape index (κ3) is 4.49. The van der Waals surface area contributed by atoms with Gasteiger partial charge in [0.05, 0.1) is 16.8 Å². The number of nitrogens with zero attached hydrogens (tertiary/aromatic N) is 3. The van der Waals surface area contributed by atoms with Gasteiger partial charge in [-0.1, -0.05) is 44.2 Å². The largest absolute Gasteiger partial charge is 0.507 e. The zero-order valence-electron chi connectivity index (χ0n) is 17.0. The van der Waals surface area contributed by atoms with Crippen LogP contribution >= 0.6 is 0 Å². The van der Waals surface area contributed by atoms with E-state index in [1.54, 1.807) is 26.0 Å². The molecule has 2 N–H and O–H groups in total. The fourth-order valence-corrected chi connectivity index (χ4v) is 4.84. The number of nitro benzene ring substituents is 1. The summed E-state index contributed by atoms with van der Waals surface area (Å²) < 4.78 is 27.3. The Kier molecular flexibility index (Phi) is 6.52. The summed E-state index contributed by atoms with van der Waals surface area (Å²) in [5.41, 5.74) is 2.87. The minimum atomic E-state index is -3.98. The number of phenols is 1. The van der Waals surface area contributed by atoms with E-state index in [1.807, 2.05) is 24.3 Å². The number of nitro groups is 1. The molecule has 0 aliphatic carbocycles. The highest BCUT2D eigenvalue weighted by molar-refractivity contribution is 7.89. The molecule has 0 radical (unpaired) electrons. The minimum Gasteiger partial charge on any atom is -0.507 e. The molecule has 3 aromatic carbocycles. The van der Waals surface area contributed by atoms with Crippen molar-refractivity contribution < 1.29 is 18.4 Å². The molecule has 3 rings (SSSR count). The smallest absolute Gasteiger partial charge is 0.270 e. The van der Waals surface area contributed by atoms with E-state index in [9.17, 15) is 23.6 Å². The zero-order valence-corrected chi connectivity index (χ0v) is 17.8. The monoisotopic (exact) mass is 442 g/mol. The van der Waals surface area contributed by atoms with E-state index in [-0.39, 0.29) is 35.1 Å². The predicted molar refractivity (Wildman–Crippen MR) is 120 cm³/mol. The summed E-state index contributed by atoms with van der Waals surface area (Å²) >= 11 is 0. The molecule has 9 nitrogen and oxygen atoms in total. The van der Waals surface area contributed by atoms with Crippen LogP contribution in [0.1, 0.15) is 19.4 Å². The van der Waals surface area contributed by atoms with E-state index < -0.39 is 14.9 Å². The SMILES string of the molecule is CCN(CC)S(=O)(=O)c1cc([N+](=O)[O-])ccc1N/N=C/c1c(O)ccc2ccccc12. The molecule has 0 aromatic heterocycles. The second kappa shape index (κ2) is 9.11. The molecule has 0 unspecified atom stereocenters. The summed E-state index contributed by atoms with van der Waals surface area (Å²) in [5.74, 6) is 0.0175. The van der Waals surface area contributed by atoms with Gasteiger partial charge >= 0.3 is 0 Å². The molecule has 0 saturated carbocycles. The molecule has 0 aliphatic rings. The number of sulfonamides is 1. The molecule has 0 aliphatic heterocycles. The van der Waals surface area contributed by atoms with Crippen molar-refractivity contribution in [3.05, 3.63) is 70.3 Å². The van der Waals surface area contributed by atoms with Crippen LogP contribution in [0, 0.1) is 10.1 Å². The Morgan fingerprint density at radius 2 is 1.84 bits per heavy atom. The maximum Gasteiger partial charge on any atom is 0.270 e. The second-order valence-electron chi connectivity index (χ2n) is 6.62. The molecule has 10 heteroatoms. The summed E-state index contributed by atoms with van der Waals surface area (Å²) in [5, 5.41) is 27.2. The number of nitrogens with one attached hydrogen (secondary N) is 1. The Morgan fingerprint density at radius 3 is 2.52 bits per heavy atom. The quantitative estimate of drug-likeness (QED) is 0.309. The Hall–Kier alpha value is -3.50. The minimum absolute atomic E-state index is 0.0175. The van der Waals surface area contributed by atoms with Crippen LogP contribution in [0.2, 0.25) is 0 Å². The van der Waals surface area contributed by atoms with E-state index >= 15 is 0 Å². The number of hydrogen-bond donors (Lipinski definition) is 2. The van der Waals surface area contributed by atoms with Crippen LogP contribution in [-0.2, 0) is 10.0 Å². The highest BCUT2D eigenvalue weighted by Gasteiger charge is 2.27. The highest BCUT2D eigenvalue weighted by Crippen LogP contribution is 2.30. The van der Waals surface area contributed by atoms with E-state index in [0.717, 1.165) is 16.8 Å². The van der Waals surface area contributed by atoms with Gasteiger partial charge in [0.25, 0.3) is 5.69 Å². The van der Waals surface area contributed by atoms with Crippen LogP contribution in [0.15, 0.2) is 64.6 Å². The first-order valence-corrected chi connectivity index (χ1v) is 11.0. The fourth-order valence-electron chi connectivity index (χ4n) is 3.22. The van der Waals surface area contributed by atoms with Gasteiger partial charge in [-0.2, -0.15) is 9.41 Å². The summed E-state index contributed by atoms with van der Waals surface area (Å²) in [6.07, 6.45) is 1.38. The number of non-ortho nitro benzene ring substituents is 1. The topological polar surface area (TPSA) is 125 Å². The zero-order chi connectivity index (χ0) is 22.6. The molecule has 0 saturated heterocycles. The van der Waals surface area contributed by atoms with Crippen LogP contribution in [0.5, 0.6) is 5.75 Å². The molecule has 0 heterocycles. The second-order valence-corrected chi connectivity index (χ2v) is 8.52. The van der Waals surface area contributed by atoms with E-state index in [4.69, 9.17) is 0 Å². The molecule has 0 amide bonds. The number of hydrogen-bond acceptors (Lipinski definition) is 7. The van der Waals surface area contributed by atoms with Gasteiger partial charge in [-0.25, -0.2) is 8.42 Å². The van der Waals surface area contributed by atoms with Crippen LogP contribution in [0.3, 0.4) is 0 Å². The van der Waals surface area contributed by atoms with Gasteiger partial charge < -0.3 is 5.11 Å². The maximum atomic E-state index is 13.0. The third-order valence-corrected chi connectivity index (χ3v) is 6.92. The van der Waals surface area contributed by atoms with Crippen molar-refractivity contribution in [2.75, 3.05) is 18.5 Å². The average Bonchev–Trinajstić information content (AvgIpc) is 2.75. The number of aromatic hydroxyl groups is 1. The molecule has 0 fully saturated rings. The maximum absolute atomic E-state index is 13.0. The number of hydrazone groups is 1. The van der Waals surface area contributed by atoms with Crippen LogP contribution in [-0.4, -0.2) is 42.1 Å². The van der Waals surface area contributed by atoms with Gasteiger partial charge in [0, 0.05) is 30.8 Å². The van der Waals surface area contributed by atoms with Gasteiger partial charge in [0.1, 0.15) is 10.6 Å². The first kappa shape index (κ1) is 22.2. The van der Waals surface area contributed by atoms with Crippen molar-refractivity contribution in [1.29, 1.82) is 0 Å². The van der Waals surface area contributed by atoms with Gasteiger partial charge in [-0.15, -0.1) is 0 Å². The van der Waals surface area contributed by atoms with Crippen molar-refractivity contribution in [3.8, 4) is 5.75 Å². The molecular weight excluding hydrogens is 420 g/mol. The van der Waals surface area contributed by atoms with Crippen LogP contribution in [0.4, 0.5) is 11.4 Å². The fraction of sp³-hybridized carbons (Fsp3) is 0.190. The highest BCUT2D eigenvalue weighted by atomic mass is 32.2. The summed E-state index contributed by atoms with van der Waals surface area (Å²) in [4.78, 5) is 10.3. The van der Waals surface area contributed by atoms with Crippen molar-refractivity contribution in [1.82, 2.24) is 4.31 Å². The molecule has 0 bridgehead atoms. The molecule has 0 atom stereocenters. The molecule has 0 spiro atoms. The van der Waals surface area contributed by atoms with Crippen molar-refractivity contribution in [3.63, 3.8) is 0 Å². The molecule has 3 aromatic rings. The lowest BCUT2D eigenvalue weighted by atomic mass is 10.0. The average molecular weight is 442 g/mol. The lowest BCUT2D eigenvalue weighted by Gasteiger charge is -2.20. The normalized spacial score (nSPS) is 12.0. The Balaban J connectivity index is 2.03. The summed E-state index contributed by atoms with van der Waals surface area (Å²) in [6.45, 7) is 3.81. The number of benzene rings is 3. The lowest BCUT2D eigenvalue weighted by molar-refractivity contribution is -0.385. The third-order valence-electron chi connectivity index (χ3n) is 4.83. The van der Waals surface area contributed by atoms with Crippen molar-refractivity contribution in [2.24, 2.45) is 5.10 Å². The number of fused-ring (bicyclic) bond motifs is 1. The van der Waals surface area contributed by atoms with Gasteiger partial charge in [0.2, 0.25) is 10.0 Å². The van der Waals surface area contributed by atoms with Crippen LogP contribution < -0.4 is 5.43 Å². The first-order valence-electron chi connectivity index (χ1n) is 9.58. The Labute approximate surface area is 179 Å². The molecular formula is C21H22N4O5S. The van der Waals surface area contributed by atoms with E-state index in [0.29, 0.717) is 5.56 Å². The van der Waals surface area contributed by atoms with Crippen molar-refractivity contribution >= 4 is 38.4 Å². The van der Waals surface area contributed by atoms with E-state index in [2.05, 4.69) is 10.5 Å². The van der Waals surface area contributed by atoms with E-state index in [1.165, 1.54) is 22.7 Å². The first-order chi connectivity index (χ1) is 14.8. The number of rotatable bonds is 8. The predicted octanol–water partition coefficient (Wildman–Crippen LogP) is 3.93. The summed E-state index contributed by atoms with van der Waals surface area (Å²) in [7, 11) is -3.98. The molecule has 162 valence electrons. The summed E-state index contributed by atoms with van der Waals surface area (Å²) in [6, 6.07) is 14.3. The van der Waals surface area contributed by atoms with Gasteiger partial charge in [-0.3, -0.25) is 15.5 Å². The van der Waals surface area contributed by atoms with Gasteiger partial charge in [-0.05, 0) is 22.9 Å². The Morgan fingerprint density at radius 1 is 1.13 bits per heavy atom. The standard InChI is InChI=1S/C21H22N4O5S/c1-3-24(4-2)31(29,30)21-13-16(25(27)28)10-11-19(21)23-22-14-18-17-8-6-5-7-15(17)9-12-20(18)26/h5-14,23,26H,3-4H2,1-2H3/b22-14+. The lowest BCUT2D eigenvalue weighted by Crippen LogP contribution is -2.31. The van der Waals surface area contributed by atoms with Crippen molar-refractivity contribution in [2.45, 2.75) is 18.7 Å². The number of phenolic OH excluding ortho intramolecular Hbond substituents is 1. The Bertz CT molecular complexity index is 1250. The van der Waals surface area contributed by atoms with Crippen LogP contribution in [0.25, 0.3) is 10.8 Å². The molecule has 31 heavy (non-hydrogen) atoms. The number of anilines is 1. The van der Waals surface area contributed by atoms with Gasteiger partial charge in [0.15, 0.2) is 0 Å².